The van der Waals surface area contributed by atoms with E-state index >= 15 is 0 Å². The van der Waals surface area contributed by atoms with Crippen LogP contribution in [0.2, 0.25) is 0 Å². The molecule has 0 bridgehead atoms. The second-order valence-electron chi connectivity index (χ2n) is 5.59. The number of hydrogen-bond acceptors (Lipinski definition) is 2. The van der Waals surface area contributed by atoms with Crippen LogP contribution in [0.5, 0.6) is 0 Å². The monoisotopic (exact) mass is 212 g/mol. The molecule has 0 saturated carbocycles. The molecule has 2 atom stereocenters. The number of rotatable bonds is 3. The lowest BCUT2D eigenvalue weighted by Gasteiger charge is -2.37. The van der Waals surface area contributed by atoms with E-state index in [2.05, 4.69) is 20.8 Å². The Balaban J connectivity index is 2.77. The second kappa shape index (κ2) is 4.67. The lowest BCUT2D eigenvalue weighted by molar-refractivity contribution is 0.110. The Hall–Kier alpha value is -0.340. The molecule has 2 heteroatoms. The molecule has 1 rings (SSSR count). The Labute approximate surface area is 93.0 Å². The number of hydrogen-bond donors (Lipinski definition) is 2. The molecule has 2 N–H and O–H groups in total. The average Bonchev–Trinajstić information content (AvgIpc) is 1.98. The molecule has 0 aliphatic heterocycles. The Morgan fingerprint density at radius 1 is 1.47 bits per heavy atom. The molecular weight excluding hydrogens is 188 g/mol. The molecule has 0 radical (unpaired) electrons. The molecule has 1 aliphatic carbocycles. The summed E-state index contributed by atoms with van der Waals surface area (Å²) in [5.74, 6) is 0. The van der Waals surface area contributed by atoms with Crippen molar-refractivity contribution in [2.45, 2.75) is 65.6 Å². The highest BCUT2D eigenvalue weighted by molar-refractivity contribution is 5.23. The maximum Gasteiger partial charge on any atom is 0.0585 e. The van der Waals surface area contributed by atoms with E-state index in [1.807, 2.05) is 6.92 Å². The summed E-state index contributed by atoms with van der Waals surface area (Å²) < 4.78 is 0. The molecule has 0 amide bonds. The third kappa shape index (κ3) is 3.32. The first-order chi connectivity index (χ1) is 6.83. The number of allylic oxidation sites excluding steroid dienone is 1. The Bertz CT molecular complexity index is 251. The standard InChI is InChI=1S/C13H24O2/c1-9-7-11(15)8-13(3,4)12(9)6-5-10(2)14/h10-11,14-15H,5-8H2,1-4H3. The molecule has 0 saturated heterocycles. The van der Waals surface area contributed by atoms with E-state index in [0.717, 1.165) is 25.7 Å². The Kier molecular flexibility index (Phi) is 3.96. The molecule has 1 aliphatic rings. The van der Waals surface area contributed by atoms with Gasteiger partial charge in [0.1, 0.15) is 0 Å². The van der Waals surface area contributed by atoms with Gasteiger partial charge in [-0.15, -0.1) is 0 Å². The van der Waals surface area contributed by atoms with Crippen molar-refractivity contribution in [1.82, 2.24) is 0 Å². The van der Waals surface area contributed by atoms with E-state index in [4.69, 9.17) is 0 Å². The highest BCUT2D eigenvalue weighted by Crippen LogP contribution is 2.42. The maximum atomic E-state index is 9.73. The smallest absolute Gasteiger partial charge is 0.0585 e. The summed E-state index contributed by atoms with van der Waals surface area (Å²) in [7, 11) is 0. The van der Waals surface area contributed by atoms with Crippen LogP contribution in [-0.2, 0) is 0 Å². The van der Waals surface area contributed by atoms with Crippen LogP contribution in [0, 0.1) is 5.41 Å². The molecule has 88 valence electrons. The fourth-order valence-corrected chi connectivity index (χ4v) is 2.74. The molecule has 0 aromatic rings. The van der Waals surface area contributed by atoms with E-state index < -0.39 is 0 Å². The van der Waals surface area contributed by atoms with Crippen molar-refractivity contribution in [3.8, 4) is 0 Å². The summed E-state index contributed by atoms with van der Waals surface area (Å²) in [6.45, 7) is 8.33. The Morgan fingerprint density at radius 3 is 2.53 bits per heavy atom. The third-order valence-electron chi connectivity index (χ3n) is 3.43. The number of aliphatic hydroxyl groups excluding tert-OH is 2. The predicted molar refractivity (Wildman–Crippen MR) is 62.6 cm³/mol. The van der Waals surface area contributed by atoms with Crippen molar-refractivity contribution in [3.05, 3.63) is 11.1 Å². The van der Waals surface area contributed by atoms with E-state index in [1.54, 1.807) is 0 Å². The van der Waals surface area contributed by atoms with Crippen LogP contribution in [0.4, 0.5) is 0 Å². The summed E-state index contributed by atoms with van der Waals surface area (Å²) in [4.78, 5) is 0. The SMILES string of the molecule is CC1=C(CCC(C)O)C(C)(C)CC(O)C1. The van der Waals surface area contributed by atoms with Crippen LogP contribution in [0.1, 0.15) is 53.4 Å². The minimum Gasteiger partial charge on any atom is -0.393 e. The third-order valence-corrected chi connectivity index (χ3v) is 3.43. The fourth-order valence-electron chi connectivity index (χ4n) is 2.74. The van der Waals surface area contributed by atoms with Gasteiger partial charge in [0, 0.05) is 0 Å². The summed E-state index contributed by atoms with van der Waals surface area (Å²) in [6.07, 6.45) is 3.02. The fraction of sp³-hybridized carbons (Fsp3) is 0.846. The van der Waals surface area contributed by atoms with Crippen LogP contribution >= 0.6 is 0 Å². The zero-order chi connectivity index (χ0) is 11.6. The van der Waals surface area contributed by atoms with Gasteiger partial charge in [0.05, 0.1) is 12.2 Å². The Morgan fingerprint density at radius 2 is 2.07 bits per heavy atom. The lowest BCUT2D eigenvalue weighted by atomic mass is 9.70. The molecule has 15 heavy (non-hydrogen) atoms. The first kappa shape index (κ1) is 12.7. The zero-order valence-corrected chi connectivity index (χ0v) is 10.4. The van der Waals surface area contributed by atoms with E-state index in [1.165, 1.54) is 11.1 Å². The van der Waals surface area contributed by atoms with Gasteiger partial charge in [0.2, 0.25) is 0 Å². The van der Waals surface area contributed by atoms with Gasteiger partial charge in [-0.25, -0.2) is 0 Å². The van der Waals surface area contributed by atoms with Crippen LogP contribution in [-0.4, -0.2) is 22.4 Å². The highest BCUT2D eigenvalue weighted by Gasteiger charge is 2.32. The summed E-state index contributed by atoms with van der Waals surface area (Å²) in [5, 5.41) is 19.0. The van der Waals surface area contributed by atoms with Crippen molar-refractivity contribution >= 4 is 0 Å². The topological polar surface area (TPSA) is 40.5 Å². The average molecular weight is 212 g/mol. The van der Waals surface area contributed by atoms with Gasteiger partial charge in [-0.1, -0.05) is 25.0 Å². The van der Waals surface area contributed by atoms with E-state index in [0.29, 0.717) is 0 Å². The second-order valence-corrected chi connectivity index (χ2v) is 5.59. The molecular formula is C13H24O2. The molecule has 0 spiro atoms. The molecule has 0 aromatic heterocycles. The van der Waals surface area contributed by atoms with Crippen molar-refractivity contribution in [1.29, 1.82) is 0 Å². The van der Waals surface area contributed by atoms with Crippen LogP contribution in [0.25, 0.3) is 0 Å². The molecule has 2 nitrogen and oxygen atoms in total. The molecule has 0 heterocycles. The van der Waals surface area contributed by atoms with Crippen molar-refractivity contribution in [2.24, 2.45) is 5.41 Å². The molecule has 0 aromatic carbocycles. The van der Waals surface area contributed by atoms with Gasteiger partial charge in [0.25, 0.3) is 0 Å². The maximum absolute atomic E-state index is 9.73. The lowest BCUT2D eigenvalue weighted by Crippen LogP contribution is -2.29. The molecule has 2 unspecified atom stereocenters. The normalized spacial score (nSPS) is 28.0. The first-order valence-electron chi connectivity index (χ1n) is 5.88. The zero-order valence-electron chi connectivity index (χ0n) is 10.4. The minimum absolute atomic E-state index is 0.0939. The highest BCUT2D eigenvalue weighted by atomic mass is 16.3. The number of aliphatic hydroxyl groups is 2. The summed E-state index contributed by atoms with van der Waals surface area (Å²) >= 11 is 0. The molecule has 0 fully saturated rings. The van der Waals surface area contributed by atoms with Crippen molar-refractivity contribution < 1.29 is 10.2 Å². The van der Waals surface area contributed by atoms with E-state index in [9.17, 15) is 10.2 Å². The summed E-state index contributed by atoms with van der Waals surface area (Å²) in [6, 6.07) is 0. The van der Waals surface area contributed by atoms with Gasteiger partial charge in [-0.2, -0.15) is 0 Å². The van der Waals surface area contributed by atoms with Crippen LogP contribution in [0.3, 0.4) is 0 Å². The van der Waals surface area contributed by atoms with Gasteiger partial charge in [-0.05, 0) is 44.9 Å². The minimum atomic E-state index is -0.229. The largest absolute Gasteiger partial charge is 0.393 e. The first-order valence-corrected chi connectivity index (χ1v) is 5.88. The van der Waals surface area contributed by atoms with Gasteiger partial charge in [-0.3, -0.25) is 0 Å². The van der Waals surface area contributed by atoms with Gasteiger partial charge in [0.15, 0.2) is 0 Å². The van der Waals surface area contributed by atoms with Gasteiger partial charge < -0.3 is 10.2 Å². The van der Waals surface area contributed by atoms with Crippen molar-refractivity contribution in [3.63, 3.8) is 0 Å². The quantitative estimate of drug-likeness (QED) is 0.706. The van der Waals surface area contributed by atoms with Crippen molar-refractivity contribution in [2.75, 3.05) is 0 Å². The van der Waals surface area contributed by atoms with E-state index in [-0.39, 0.29) is 17.6 Å². The van der Waals surface area contributed by atoms with Crippen LogP contribution < -0.4 is 0 Å². The van der Waals surface area contributed by atoms with Crippen LogP contribution in [0.15, 0.2) is 11.1 Å². The predicted octanol–water partition coefficient (Wildman–Crippen LogP) is 2.64. The van der Waals surface area contributed by atoms with Gasteiger partial charge >= 0.3 is 0 Å². The summed E-state index contributed by atoms with van der Waals surface area (Å²) in [5.41, 5.74) is 2.85.